The van der Waals surface area contributed by atoms with E-state index in [4.69, 9.17) is 0 Å². The molecular weight excluding hydrogens is 418 g/mol. The SMILES string of the molecule is O=C(c1cnc2ccccn2c1=O)N1CCC(C2Nc3ccccc3S(=O)(=O)N2)CC1. The summed E-state index contributed by atoms with van der Waals surface area (Å²) in [5.74, 6) is -0.334. The Hall–Kier alpha value is -3.24. The van der Waals surface area contributed by atoms with Crippen molar-refractivity contribution in [1.82, 2.24) is 19.0 Å². The van der Waals surface area contributed by atoms with E-state index < -0.39 is 21.7 Å². The number of fused-ring (bicyclic) bond motifs is 2. The fourth-order valence-electron chi connectivity index (χ4n) is 4.24. The summed E-state index contributed by atoms with van der Waals surface area (Å²) in [6, 6.07) is 12.0. The summed E-state index contributed by atoms with van der Waals surface area (Å²) in [6.07, 6.45) is 3.70. The quantitative estimate of drug-likeness (QED) is 0.622. The van der Waals surface area contributed by atoms with Gasteiger partial charge in [-0.3, -0.25) is 14.0 Å². The molecule has 160 valence electrons. The number of sulfonamides is 1. The Balaban J connectivity index is 1.31. The lowest BCUT2D eigenvalue weighted by Crippen LogP contribution is -2.52. The van der Waals surface area contributed by atoms with Gasteiger partial charge in [-0.2, -0.15) is 4.72 Å². The van der Waals surface area contributed by atoms with Gasteiger partial charge in [0.1, 0.15) is 16.1 Å². The fraction of sp³-hybridized carbons (Fsp3) is 0.286. The molecule has 31 heavy (non-hydrogen) atoms. The van der Waals surface area contributed by atoms with E-state index in [1.54, 1.807) is 53.6 Å². The van der Waals surface area contributed by atoms with Gasteiger partial charge in [0.05, 0.1) is 11.9 Å². The molecule has 3 aromatic rings. The molecule has 0 saturated carbocycles. The van der Waals surface area contributed by atoms with Crippen LogP contribution in [0.1, 0.15) is 23.2 Å². The number of rotatable bonds is 2. The van der Waals surface area contributed by atoms with E-state index in [-0.39, 0.29) is 22.3 Å². The van der Waals surface area contributed by atoms with Gasteiger partial charge < -0.3 is 10.2 Å². The molecule has 5 rings (SSSR count). The minimum absolute atomic E-state index is 0.0167. The topological polar surface area (TPSA) is 113 Å². The summed E-state index contributed by atoms with van der Waals surface area (Å²) in [7, 11) is -3.59. The lowest BCUT2D eigenvalue weighted by Gasteiger charge is -2.38. The maximum Gasteiger partial charge on any atom is 0.270 e. The van der Waals surface area contributed by atoms with Crippen LogP contribution in [0.3, 0.4) is 0 Å². The van der Waals surface area contributed by atoms with Gasteiger partial charge in [0.25, 0.3) is 11.5 Å². The fourth-order valence-corrected chi connectivity index (χ4v) is 5.63. The maximum atomic E-state index is 13.0. The van der Waals surface area contributed by atoms with Crippen LogP contribution in [-0.4, -0.2) is 47.9 Å². The number of carbonyl (C=O) groups excluding carboxylic acids is 1. The Morgan fingerprint density at radius 2 is 1.81 bits per heavy atom. The van der Waals surface area contributed by atoms with Crippen molar-refractivity contribution in [2.45, 2.75) is 23.9 Å². The Labute approximate surface area is 178 Å². The molecule has 0 bridgehead atoms. The van der Waals surface area contributed by atoms with Crippen LogP contribution in [0.25, 0.3) is 5.65 Å². The van der Waals surface area contributed by atoms with Crippen LogP contribution < -0.4 is 15.6 Å². The molecule has 1 saturated heterocycles. The molecule has 9 nitrogen and oxygen atoms in total. The maximum absolute atomic E-state index is 13.0. The highest BCUT2D eigenvalue weighted by Gasteiger charge is 2.36. The van der Waals surface area contributed by atoms with Crippen LogP contribution >= 0.6 is 0 Å². The Bertz CT molecular complexity index is 1330. The zero-order valence-corrected chi connectivity index (χ0v) is 17.4. The summed E-state index contributed by atoms with van der Waals surface area (Å²) in [4.78, 5) is 31.7. The molecule has 2 aromatic heterocycles. The van der Waals surface area contributed by atoms with Gasteiger partial charge in [-0.1, -0.05) is 18.2 Å². The second-order valence-corrected chi connectivity index (χ2v) is 9.46. The van der Waals surface area contributed by atoms with Crippen LogP contribution in [0.15, 0.2) is 64.5 Å². The molecule has 1 unspecified atom stereocenters. The predicted molar refractivity (Wildman–Crippen MR) is 114 cm³/mol. The molecule has 1 fully saturated rings. The summed E-state index contributed by atoms with van der Waals surface area (Å²) < 4.78 is 29.2. The van der Waals surface area contributed by atoms with Crippen molar-refractivity contribution < 1.29 is 13.2 Å². The molecule has 1 amide bonds. The van der Waals surface area contributed by atoms with Gasteiger partial charge in [-0.15, -0.1) is 0 Å². The van der Waals surface area contributed by atoms with Crippen LogP contribution in [0.5, 0.6) is 0 Å². The number of nitrogens with zero attached hydrogens (tertiary/aromatic N) is 3. The first-order valence-corrected chi connectivity index (χ1v) is 11.6. The molecule has 10 heteroatoms. The van der Waals surface area contributed by atoms with E-state index in [2.05, 4.69) is 15.0 Å². The highest BCUT2D eigenvalue weighted by molar-refractivity contribution is 7.89. The van der Waals surface area contributed by atoms with Gasteiger partial charge in [0.15, 0.2) is 0 Å². The molecule has 0 radical (unpaired) electrons. The van der Waals surface area contributed by atoms with Gasteiger partial charge in [0.2, 0.25) is 10.0 Å². The zero-order valence-electron chi connectivity index (χ0n) is 16.6. The van der Waals surface area contributed by atoms with Gasteiger partial charge >= 0.3 is 0 Å². The number of aromatic nitrogens is 2. The van der Waals surface area contributed by atoms with Gasteiger partial charge in [0, 0.05) is 25.5 Å². The number of hydrogen-bond donors (Lipinski definition) is 2. The average molecular weight is 439 g/mol. The number of benzene rings is 1. The number of nitrogens with one attached hydrogen (secondary N) is 2. The molecule has 0 aliphatic carbocycles. The van der Waals surface area contributed by atoms with E-state index in [0.717, 1.165) is 0 Å². The van der Waals surface area contributed by atoms with Crippen molar-refractivity contribution in [3.63, 3.8) is 0 Å². The van der Waals surface area contributed by atoms with Crippen molar-refractivity contribution in [2.75, 3.05) is 18.4 Å². The molecule has 4 heterocycles. The van der Waals surface area contributed by atoms with E-state index in [1.165, 1.54) is 10.6 Å². The largest absolute Gasteiger partial charge is 0.368 e. The second kappa shape index (κ2) is 7.47. The highest BCUT2D eigenvalue weighted by Crippen LogP contribution is 2.30. The molecule has 2 N–H and O–H groups in total. The van der Waals surface area contributed by atoms with E-state index in [0.29, 0.717) is 37.3 Å². The van der Waals surface area contributed by atoms with E-state index in [9.17, 15) is 18.0 Å². The lowest BCUT2D eigenvalue weighted by atomic mass is 9.93. The third-order valence-electron chi connectivity index (χ3n) is 5.91. The number of hydrogen-bond acceptors (Lipinski definition) is 6. The number of para-hydroxylation sites is 1. The number of carbonyl (C=O) groups is 1. The Kier molecular flexibility index (Phi) is 4.75. The first kappa shape index (κ1) is 19.7. The summed E-state index contributed by atoms with van der Waals surface area (Å²) in [5.41, 5.74) is 0.710. The number of pyridine rings is 1. The predicted octanol–water partition coefficient (Wildman–Crippen LogP) is 1.28. The Morgan fingerprint density at radius 1 is 1.06 bits per heavy atom. The molecule has 1 atom stereocenters. The highest BCUT2D eigenvalue weighted by atomic mass is 32.2. The number of piperidine rings is 1. The summed E-state index contributed by atoms with van der Waals surface area (Å²) in [5, 5.41) is 3.27. The van der Waals surface area contributed by atoms with Crippen LogP contribution in [0.2, 0.25) is 0 Å². The van der Waals surface area contributed by atoms with Gasteiger partial charge in [-0.25, -0.2) is 13.4 Å². The molecule has 1 aromatic carbocycles. The average Bonchev–Trinajstić information content (AvgIpc) is 2.79. The minimum Gasteiger partial charge on any atom is -0.368 e. The number of amides is 1. The van der Waals surface area contributed by atoms with E-state index >= 15 is 0 Å². The molecular formula is C21H21N5O4S. The number of anilines is 1. The number of likely N-dealkylation sites (tertiary alicyclic amines) is 1. The molecule has 2 aliphatic heterocycles. The van der Waals surface area contributed by atoms with Crippen molar-refractivity contribution in [1.29, 1.82) is 0 Å². The minimum atomic E-state index is -3.59. The lowest BCUT2D eigenvalue weighted by molar-refractivity contribution is 0.0677. The summed E-state index contributed by atoms with van der Waals surface area (Å²) in [6.45, 7) is 0.865. The van der Waals surface area contributed by atoms with E-state index in [1.807, 2.05) is 0 Å². The summed E-state index contributed by atoms with van der Waals surface area (Å²) >= 11 is 0. The van der Waals surface area contributed by atoms with Gasteiger partial charge in [-0.05, 0) is 43.0 Å². The third kappa shape index (κ3) is 3.47. The first-order valence-electron chi connectivity index (χ1n) is 10.1. The molecule has 2 aliphatic rings. The first-order chi connectivity index (χ1) is 14.9. The normalized spacial score (nSPS) is 20.8. The smallest absolute Gasteiger partial charge is 0.270 e. The molecule has 0 spiro atoms. The van der Waals surface area contributed by atoms with Crippen molar-refractivity contribution >= 4 is 27.3 Å². The monoisotopic (exact) mass is 439 g/mol. The van der Waals surface area contributed by atoms with Crippen molar-refractivity contribution in [3.8, 4) is 0 Å². The van der Waals surface area contributed by atoms with Crippen LogP contribution in [-0.2, 0) is 10.0 Å². The zero-order chi connectivity index (χ0) is 21.6. The van der Waals surface area contributed by atoms with Crippen LogP contribution in [0, 0.1) is 5.92 Å². The van der Waals surface area contributed by atoms with Crippen molar-refractivity contribution in [3.05, 3.63) is 70.8 Å². The van der Waals surface area contributed by atoms with Crippen molar-refractivity contribution in [2.24, 2.45) is 5.92 Å². The van der Waals surface area contributed by atoms with Crippen LogP contribution in [0.4, 0.5) is 5.69 Å². The third-order valence-corrected chi connectivity index (χ3v) is 7.41. The second-order valence-electron chi connectivity index (χ2n) is 7.77. The Morgan fingerprint density at radius 3 is 2.61 bits per heavy atom. The standard InChI is InChI=1S/C21H21N5O4S/c27-20(15-13-22-18-7-3-4-10-26(18)21(15)28)25-11-8-14(9-12-25)19-23-16-5-1-2-6-17(16)31(29,30)24-19/h1-7,10,13-14,19,23-24H,8-9,11-12H2.